The summed E-state index contributed by atoms with van der Waals surface area (Å²) in [7, 11) is 3.66. The minimum absolute atomic E-state index is 0.0975. The fourth-order valence-electron chi connectivity index (χ4n) is 1.24. The highest BCUT2D eigenvalue weighted by molar-refractivity contribution is 5.93. The molecule has 19 heavy (non-hydrogen) atoms. The van der Waals surface area contributed by atoms with Gasteiger partial charge in [-0.3, -0.25) is 9.63 Å². The Morgan fingerprint density at radius 3 is 2.63 bits per heavy atom. The van der Waals surface area contributed by atoms with Gasteiger partial charge < -0.3 is 4.90 Å². The van der Waals surface area contributed by atoms with E-state index in [4.69, 9.17) is 4.84 Å². The first-order valence-corrected chi connectivity index (χ1v) is 5.55. The van der Waals surface area contributed by atoms with Crippen LogP contribution in [0.3, 0.4) is 0 Å². The summed E-state index contributed by atoms with van der Waals surface area (Å²) < 4.78 is 37.4. The van der Waals surface area contributed by atoms with E-state index in [9.17, 15) is 18.0 Å². The van der Waals surface area contributed by atoms with E-state index in [1.807, 2.05) is 19.0 Å². The van der Waals surface area contributed by atoms with Gasteiger partial charge in [-0.05, 0) is 32.3 Å². The molecule has 0 atom stereocenters. The summed E-state index contributed by atoms with van der Waals surface area (Å²) in [5.74, 6) is -0.704. The molecule has 0 radical (unpaired) electrons. The molecular weight excluding hydrogens is 261 g/mol. The third-order valence-electron chi connectivity index (χ3n) is 2.26. The summed E-state index contributed by atoms with van der Waals surface area (Å²) in [5.41, 5.74) is 1.14. The van der Waals surface area contributed by atoms with Gasteiger partial charge in [-0.1, -0.05) is 6.07 Å². The maximum Gasteiger partial charge on any atom is 0.416 e. The standard InChI is InChI=1S/C12H15F3N2O2/c1-17(2)6-7-19-16-11(18)9-4-3-5-10(8-9)12(13,14)15/h3-5,8H,6-7H2,1-2H3,(H,16,18). The largest absolute Gasteiger partial charge is 0.416 e. The Morgan fingerprint density at radius 1 is 1.37 bits per heavy atom. The third kappa shape index (κ3) is 5.27. The highest BCUT2D eigenvalue weighted by atomic mass is 19.4. The molecule has 0 aliphatic heterocycles. The number of nitrogens with one attached hydrogen (secondary N) is 1. The normalized spacial score (nSPS) is 11.7. The van der Waals surface area contributed by atoms with Crippen molar-refractivity contribution in [3.8, 4) is 0 Å². The van der Waals surface area contributed by atoms with Crippen LogP contribution in [0, 0.1) is 0 Å². The molecule has 0 bridgehead atoms. The van der Waals surface area contributed by atoms with Crippen LogP contribution in [0.2, 0.25) is 0 Å². The second kappa shape index (κ2) is 6.53. The molecular formula is C12H15F3N2O2. The molecule has 1 rings (SSSR count). The number of benzene rings is 1. The molecule has 0 heterocycles. The van der Waals surface area contributed by atoms with Crippen molar-refractivity contribution in [2.24, 2.45) is 0 Å². The Balaban J connectivity index is 2.58. The fraction of sp³-hybridized carbons (Fsp3) is 0.417. The highest BCUT2D eigenvalue weighted by Crippen LogP contribution is 2.29. The lowest BCUT2D eigenvalue weighted by molar-refractivity contribution is -0.137. The number of hydrogen-bond donors (Lipinski definition) is 1. The van der Waals surface area contributed by atoms with Gasteiger partial charge in [-0.2, -0.15) is 13.2 Å². The number of alkyl halides is 3. The van der Waals surface area contributed by atoms with Gasteiger partial charge in [0.25, 0.3) is 5.91 Å². The van der Waals surface area contributed by atoms with Crippen molar-refractivity contribution >= 4 is 5.91 Å². The van der Waals surface area contributed by atoms with Crippen molar-refractivity contribution in [3.63, 3.8) is 0 Å². The smallest absolute Gasteiger partial charge is 0.307 e. The number of hydrogen-bond acceptors (Lipinski definition) is 3. The van der Waals surface area contributed by atoms with Crippen molar-refractivity contribution in [2.75, 3.05) is 27.2 Å². The van der Waals surface area contributed by atoms with E-state index in [2.05, 4.69) is 5.48 Å². The predicted molar refractivity (Wildman–Crippen MR) is 63.4 cm³/mol. The molecule has 0 unspecified atom stereocenters. The molecule has 4 nitrogen and oxygen atoms in total. The predicted octanol–water partition coefficient (Wildman–Crippen LogP) is 1.93. The minimum atomic E-state index is -4.47. The van der Waals surface area contributed by atoms with Crippen molar-refractivity contribution < 1.29 is 22.8 Å². The van der Waals surface area contributed by atoms with E-state index < -0.39 is 17.6 Å². The Morgan fingerprint density at radius 2 is 2.05 bits per heavy atom. The van der Waals surface area contributed by atoms with Gasteiger partial charge in [0.1, 0.15) is 0 Å². The van der Waals surface area contributed by atoms with Gasteiger partial charge in [0, 0.05) is 12.1 Å². The number of nitrogens with zero attached hydrogens (tertiary/aromatic N) is 1. The van der Waals surface area contributed by atoms with Gasteiger partial charge in [0.2, 0.25) is 0 Å². The Bertz CT molecular complexity index is 433. The maximum atomic E-state index is 12.5. The first-order valence-electron chi connectivity index (χ1n) is 5.55. The molecule has 7 heteroatoms. The van der Waals surface area contributed by atoms with Crippen LogP contribution >= 0.6 is 0 Å². The van der Waals surface area contributed by atoms with Crippen LogP contribution in [0.4, 0.5) is 13.2 Å². The van der Waals surface area contributed by atoms with Crippen LogP contribution in [-0.2, 0) is 11.0 Å². The van der Waals surface area contributed by atoms with E-state index in [0.717, 1.165) is 12.1 Å². The first-order chi connectivity index (χ1) is 8.80. The number of amides is 1. The van der Waals surface area contributed by atoms with E-state index in [0.29, 0.717) is 6.54 Å². The fourth-order valence-corrected chi connectivity index (χ4v) is 1.24. The van der Waals surface area contributed by atoms with E-state index in [1.165, 1.54) is 12.1 Å². The molecule has 0 fully saturated rings. The lowest BCUT2D eigenvalue weighted by Gasteiger charge is -2.11. The summed E-state index contributed by atoms with van der Waals surface area (Å²) in [5, 5.41) is 0. The molecule has 0 aromatic heterocycles. The second-order valence-corrected chi connectivity index (χ2v) is 4.16. The van der Waals surface area contributed by atoms with E-state index in [1.54, 1.807) is 0 Å². The Kier molecular flexibility index (Phi) is 5.31. The minimum Gasteiger partial charge on any atom is -0.307 e. The zero-order valence-electron chi connectivity index (χ0n) is 10.6. The monoisotopic (exact) mass is 276 g/mol. The lowest BCUT2D eigenvalue weighted by atomic mass is 10.1. The zero-order chi connectivity index (χ0) is 14.5. The molecule has 0 saturated carbocycles. The maximum absolute atomic E-state index is 12.5. The SMILES string of the molecule is CN(C)CCONC(=O)c1cccc(C(F)(F)F)c1. The van der Waals surface area contributed by atoms with Crippen LogP contribution in [-0.4, -0.2) is 38.1 Å². The third-order valence-corrected chi connectivity index (χ3v) is 2.26. The van der Waals surface area contributed by atoms with Gasteiger partial charge in [0.05, 0.1) is 12.2 Å². The summed E-state index contributed by atoms with van der Waals surface area (Å²) in [6, 6.07) is 4.16. The average Bonchev–Trinajstić information content (AvgIpc) is 2.33. The van der Waals surface area contributed by atoms with E-state index >= 15 is 0 Å². The quantitative estimate of drug-likeness (QED) is 0.660. The van der Waals surface area contributed by atoms with Crippen LogP contribution in [0.5, 0.6) is 0 Å². The van der Waals surface area contributed by atoms with Gasteiger partial charge >= 0.3 is 6.18 Å². The van der Waals surface area contributed by atoms with Gasteiger partial charge in [-0.25, -0.2) is 5.48 Å². The summed E-state index contributed by atoms with van der Waals surface area (Å²) in [6.45, 7) is 0.834. The van der Waals surface area contributed by atoms with Gasteiger partial charge in [0.15, 0.2) is 0 Å². The molecule has 0 aliphatic rings. The molecule has 1 aromatic rings. The second-order valence-electron chi connectivity index (χ2n) is 4.16. The lowest BCUT2D eigenvalue weighted by Crippen LogP contribution is -2.28. The molecule has 0 saturated heterocycles. The molecule has 1 aromatic carbocycles. The van der Waals surface area contributed by atoms with E-state index in [-0.39, 0.29) is 12.2 Å². The molecule has 106 valence electrons. The summed E-state index contributed by atoms with van der Waals surface area (Å²) >= 11 is 0. The van der Waals surface area contributed by atoms with Crippen molar-refractivity contribution in [1.29, 1.82) is 0 Å². The number of carbonyl (C=O) groups is 1. The zero-order valence-corrected chi connectivity index (χ0v) is 10.6. The van der Waals surface area contributed by atoms with Crippen LogP contribution in [0.1, 0.15) is 15.9 Å². The average molecular weight is 276 g/mol. The summed E-state index contributed by atoms with van der Waals surface area (Å²) in [6.07, 6.45) is -4.47. The number of halogens is 3. The van der Waals surface area contributed by atoms with Crippen LogP contribution in [0.15, 0.2) is 24.3 Å². The molecule has 0 spiro atoms. The number of likely N-dealkylation sites (N-methyl/N-ethyl adjacent to an activating group) is 1. The number of hydroxylamine groups is 1. The van der Waals surface area contributed by atoms with Crippen molar-refractivity contribution in [1.82, 2.24) is 10.4 Å². The number of carbonyl (C=O) groups excluding carboxylic acids is 1. The number of rotatable bonds is 5. The van der Waals surface area contributed by atoms with Crippen molar-refractivity contribution in [3.05, 3.63) is 35.4 Å². The first kappa shape index (κ1) is 15.5. The van der Waals surface area contributed by atoms with Crippen LogP contribution in [0.25, 0.3) is 0 Å². The van der Waals surface area contributed by atoms with Crippen LogP contribution < -0.4 is 5.48 Å². The topological polar surface area (TPSA) is 41.6 Å². The van der Waals surface area contributed by atoms with Gasteiger partial charge in [-0.15, -0.1) is 0 Å². The molecule has 1 amide bonds. The summed E-state index contributed by atoms with van der Waals surface area (Å²) in [4.78, 5) is 18.3. The van der Waals surface area contributed by atoms with Crippen molar-refractivity contribution in [2.45, 2.75) is 6.18 Å². The molecule has 1 N–H and O–H groups in total. The Labute approximate surface area is 109 Å². The Hall–Kier alpha value is -1.60. The molecule has 0 aliphatic carbocycles. The highest BCUT2D eigenvalue weighted by Gasteiger charge is 2.30.